The van der Waals surface area contributed by atoms with Gasteiger partial charge in [0.25, 0.3) is 0 Å². The van der Waals surface area contributed by atoms with Crippen LogP contribution in [0.5, 0.6) is 0 Å². The van der Waals surface area contributed by atoms with E-state index in [9.17, 15) is 0 Å². The van der Waals surface area contributed by atoms with Crippen molar-refractivity contribution in [3.05, 3.63) is 0 Å². The molecule has 0 radical (unpaired) electrons. The molecule has 0 saturated carbocycles. The van der Waals surface area contributed by atoms with Gasteiger partial charge in [0.2, 0.25) is 0 Å². The number of thioether (sulfide) groups is 1. The minimum Gasteiger partial charge on any atom is -0.381 e. The summed E-state index contributed by atoms with van der Waals surface area (Å²) in [6.45, 7) is 1.68. The summed E-state index contributed by atoms with van der Waals surface area (Å²) in [6, 6.07) is 0. The second kappa shape index (κ2) is 8.66. The molecule has 9 heavy (non-hydrogen) atoms. The third-order valence-electron chi connectivity index (χ3n) is 0.873. The minimum absolute atomic E-state index is 0.789. The van der Waals surface area contributed by atoms with E-state index in [0.29, 0.717) is 0 Å². The normalized spacial score (nSPS) is 10.0. The summed E-state index contributed by atoms with van der Waals surface area (Å²) in [6.07, 6.45) is 3.27. The topological polar surface area (TPSA) is 9.23 Å². The molecular weight excluding hydrogens is 152 g/mol. The molecule has 0 N–H and O–H groups in total. The maximum Gasteiger partial charge on any atom is 0.0554 e. The minimum atomic E-state index is 0.789. The molecule has 0 saturated heterocycles. The number of thiol groups is 1. The highest BCUT2D eigenvalue weighted by atomic mass is 32.2. The van der Waals surface area contributed by atoms with Crippen LogP contribution >= 0.6 is 24.4 Å². The van der Waals surface area contributed by atoms with Gasteiger partial charge in [-0.2, -0.15) is 24.4 Å². The summed E-state index contributed by atoms with van der Waals surface area (Å²) in [4.78, 5) is 0. The molecule has 0 fully saturated rings. The third kappa shape index (κ3) is 8.66. The summed E-state index contributed by atoms with van der Waals surface area (Å²) in [7, 11) is 0. The van der Waals surface area contributed by atoms with Gasteiger partial charge < -0.3 is 4.74 Å². The molecule has 0 aliphatic carbocycles. The van der Waals surface area contributed by atoms with Crippen molar-refractivity contribution in [1.82, 2.24) is 0 Å². The van der Waals surface area contributed by atoms with E-state index in [1.54, 1.807) is 0 Å². The first-order valence-corrected chi connectivity index (χ1v) is 5.12. The van der Waals surface area contributed by atoms with Crippen LogP contribution in [-0.2, 0) is 4.74 Å². The van der Waals surface area contributed by atoms with Crippen LogP contribution in [0.15, 0.2) is 0 Å². The fraction of sp³-hybridized carbons (Fsp3) is 1.00. The average Bonchev–Trinajstić information content (AvgIpc) is 1.89. The van der Waals surface area contributed by atoms with Gasteiger partial charge >= 0.3 is 0 Å². The Kier molecular flexibility index (Phi) is 9.30. The molecular formula is C6H14OS2. The highest BCUT2D eigenvalue weighted by Crippen LogP contribution is 1.95. The van der Waals surface area contributed by atoms with Gasteiger partial charge in [-0.15, -0.1) is 0 Å². The van der Waals surface area contributed by atoms with E-state index in [2.05, 4.69) is 18.9 Å². The van der Waals surface area contributed by atoms with E-state index in [4.69, 9.17) is 4.74 Å². The molecule has 0 unspecified atom stereocenters. The predicted molar refractivity (Wildman–Crippen MR) is 47.7 cm³/mol. The van der Waals surface area contributed by atoms with Crippen LogP contribution < -0.4 is 0 Å². The Bertz CT molecular complexity index is 44.3. The van der Waals surface area contributed by atoms with Crippen LogP contribution in [0.1, 0.15) is 6.42 Å². The molecule has 0 aromatic rings. The molecule has 0 aliphatic heterocycles. The Labute approximate surface area is 67.0 Å². The largest absolute Gasteiger partial charge is 0.381 e. The monoisotopic (exact) mass is 166 g/mol. The molecule has 56 valence electrons. The third-order valence-corrected chi connectivity index (χ3v) is 1.75. The van der Waals surface area contributed by atoms with E-state index in [1.807, 2.05) is 11.8 Å². The second-order valence-corrected chi connectivity index (χ2v) is 3.12. The Morgan fingerprint density at radius 3 is 2.78 bits per heavy atom. The summed E-state index contributed by atoms with van der Waals surface area (Å²) in [5, 5.41) is 0. The molecule has 0 atom stereocenters. The molecule has 0 aromatic heterocycles. The van der Waals surface area contributed by atoms with Crippen LogP contribution in [0.4, 0.5) is 0 Å². The van der Waals surface area contributed by atoms with Gasteiger partial charge in [0.05, 0.1) is 6.61 Å². The van der Waals surface area contributed by atoms with Crippen LogP contribution in [0.2, 0.25) is 0 Å². The zero-order valence-electron chi connectivity index (χ0n) is 5.80. The fourth-order valence-corrected chi connectivity index (χ4v) is 1.01. The summed E-state index contributed by atoms with van der Waals surface area (Å²) >= 11 is 5.88. The number of hydrogen-bond acceptors (Lipinski definition) is 3. The summed E-state index contributed by atoms with van der Waals surface area (Å²) < 4.78 is 5.20. The zero-order valence-corrected chi connectivity index (χ0v) is 7.51. The van der Waals surface area contributed by atoms with E-state index in [-0.39, 0.29) is 0 Å². The second-order valence-electron chi connectivity index (χ2n) is 1.68. The van der Waals surface area contributed by atoms with Gasteiger partial charge in [-0.1, -0.05) is 0 Å². The van der Waals surface area contributed by atoms with Gasteiger partial charge in [0, 0.05) is 12.4 Å². The van der Waals surface area contributed by atoms with Crippen LogP contribution in [0, 0.1) is 0 Å². The lowest BCUT2D eigenvalue weighted by Crippen LogP contribution is -1.98. The number of ether oxygens (including phenoxy) is 1. The van der Waals surface area contributed by atoms with E-state index < -0.39 is 0 Å². The lowest BCUT2D eigenvalue weighted by atomic mass is 10.5. The molecule has 0 aliphatic rings. The average molecular weight is 166 g/mol. The number of rotatable bonds is 6. The molecule has 0 amide bonds. The van der Waals surface area contributed by atoms with Crippen molar-refractivity contribution >= 4 is 24.4 Å². The lowest BCUT2D eigenvalue weighted by molar-refractivity contribution is 0.152. The van der Waals surface area contributed by atoms with Crippen molar-refractivity contribution in [2.24, 2.45) is 0 Å². The Hall–Kier alpha value is 0.660. The molecule has 0 heterocycles. The van der Waals surface area contributed by atoms with E-state index in [0.717, 1.165) is 25.4 Å². The smallest absolute Gasteiger partial charge is 0.0554 e. The van der Waals surface area contributed by atoms with Gasteiger partial charge in [0.1, 0.15) is 0 Å². The van der Waals surface area contributed by atoms with Gasteiger partial charge in [0.15, 0.2) is 0 Å². The summed E-state index contributed by atoms with van der Waals surface area (Å²) in [5.74, 6) is 2.03. The van der Waals surface area contributed by atoms with Crippen LogP contribution in [-0.4, -0.2) is 31.0 Å². The highest BCUT2D eigenvalue weighted by molar-refractivity contribution is 7.98. The van der Waals surface area contributed by atoms with Crippen molar-refractivity contribution < 1.29 is 4.74 Å². The standard InChI is InChI=1S/C6H14OS2/c1-9-6-2-3-7-4-5-8/h8H,2-6H2,1H3. The molecule has 0 bridgehead atoms. The van der Waals surface area contributed by atoms with Crippen molar-refractivity contribution in [1.29, 1.82) is 0 Å². The van der Waals surface area contributed by atoms with Crippen molar-refractivity contribution in [2.45, 2.75) is 6.42 Å². The SMILES string of the molecule is CSCCCOCCS. The highest BCUT2D eigenvalue weighted by Gasteiger charge is 1.85. The maximum atomic E-state index is 5.20. The molecule has 0 aromatic carbocycles. The Morgan fingerprint density at radius 1 is 1.44 bits per heavy atom. The van der Waals surface area contributed by atoms with Gasteiger partial charge in [-0.3, -0.25) is 0 Å². The predicted octanol–water partition coefficient (Wildman–Crippen LogP) is 1.69. The molecule has 3 heteroatoms. The Balaban J connectivity index is 2.60. The molecule has 0 spiro atoms. The lowest BCUT2D eigenvalue weighted by Gasteiger charge is -1.98. The van der Waals surface area contributed by atoms with Gasteiger partial charge in [-0.05, 0) is 18.4 Å². The molecule has 1 nitrogen and oxygen atoms in total. The first kappa shape index (κ1) is 9.66. The van der Waals surface area contributed by atoms with Crippen molar-refractivity contribution in [3.63, 3.8) is 0 Å². The van der Waals surface area contributed by atoms with Gasteiger partial charge in [-0.25, -0.2) is 0 Å². The quantitative estimate of drug-likeness (QED) is 0.475. The Morgan fingerprint density at radius 2 is 2.22 bits per heavy atom. The number of hydrogen-bond donors (Lipinski definition) is 1. The zero-order chi connectivity index (χ0) is 6.95. The fourth-order valence-electron chi connectivity index (χ4n) is 0.472. The molecule has 0 rings (SSSR count). The van der Waals surface area contributed by atoms with Crippen molar-refractivity contribution in [3.8, 4) is 0 Å². The van der Waals surface area contributed by atoms with Crippen LogP contribution in [0.3, 0.4) is 0 Å². The first-order chi connectivity index (χ1) is 4.41. The first-order valence-electron chi connectivity index (χ1n) is 3.09. The van der Waals surface area contributed by atoms with E-state index in [1.165, 1.54) is 5.75 Å². The van der Waals surface area contributed by atoms with Crippen LogP contribution in [0.25, 0.3) is 0 Å². The van der Waals surface area contributed by atoms with Crippen molar-refractivity contribution in [2.75, 3.05) is 31.0 Å². The van der Waals surface area contributed by atoms with E-state index >= 15 is 0 Å². The summed E-state index contributed by atoms with van der Waals surface area (Å²) in [5.41, 5.74) is 0. The maximum absolute atomic E-state index is 5.20.